The third-order valence-electron chi connectivity index (χ3n) is 6.82. The Bertz CT molecular complexity index is 1590. The van der Waals surface area contributed by atoms with E-state index in [0.717, 1.165) is 39.9 Å². The number of benzene rings is 3. The number of rotatable bonds is 11. The number of nitrogens with one attached hydrogen (secondary N) is 1. The van der Waals surface area contributed by atoms with Crippen molar-refractivity contribution in [1.29, 1.82) is 0 Å². The summed E-state index contributed by atoms with van der Waals surface area (Å²) >= 11 is 0. The first-order chi connectivity index (χ1) is 19.0. The van der Waals surface area contributed by atoms with Crippen molar-refractivity contribution < 1.29 is 9.47 Å². The highest BCUT2D eigenvalue weighted by atomic mass is 16.5. The van der Waals surface area contributed by atoms with E-state index >= 15 is 0 Å². The van der Waals surface area contributed by atoms with Crippen LogP contribution in [0.5, 0.6) is 11.5 Å². The van der Waals surface area contributed by atoms with Crippen molar-refractivity contribution in [1.82, 2.24) is 30.1 Å². The van der Waals surface area contributed by atoms with Crippen LogP contribution < -0.4 is 15.0 Å². The summed E-state index contributed by atoms with van der Waals surface area (Å²) < 4.78 is 12.4. The molecule has 0 saturated carbocycles. The number of nitrogens with zero attached hydrogens (tertiary/aromatic N) is 5. The first-order valence-corrected chi connectivity index (χ1v) is 12.9. The molecule has 0 unspecified atom stereocenters. The lowest BCUT2D eigenvalue weighted by molar-refractivity contribution is 0.236. The Hall–Kier alpha value is -4.50. The smallest absolute Gasteiger partial charge is 0.252 e. The number of aromatic amines is 1. The van der Waals surface area contributed by atoms with Gasteiger partial charge < -0.3 is 14.5 Å². The number of aryl methyl sites for hydroxylation is 1. The van der Waals surface area contributed by atoms with Gasteiger partial charge in [-0.15, -0.1) is 5.10 Å². The van der Waals surface area contributed by atoms with Crippen LogP contribution in [-0.2, 0) is 32.6 Å². The summed E-state index contributed by atoms with van der Waals surface area (Å²) in [6.07, 6.45) is 0.935. The minimum absolute atomic E-state index is 0.0932. The predicted octanol–water partition coefficient (Wildman–Crippen LogP) is 4.34. The molecule has 9 heteroatoms. The molecule has 2 heterocycles. The summed E-state index contributed by atoms with van der Waals surface area (Å²) in [7, 11) is 3.30. The minimum atomic E-state index is -0.0932. The number of ether oxygens (including phenoxy) is 2. The summed E-state index contributed by atoms with van der Waals surface area (Å²) in [4.78, 5) is 18.3. The maximum Gasteiger partial charge on any atom is 0.252 e. The molecule has 0 bridgehead atoms. The van der Waals surface area contributed by atoms with E-state index in [1.165, 1.54) is 5.56 Å². The molecule has 0 atom stereocenters. The summed E-state index contributed by atoms with van der Waals surface area (Å²) in [5.74, 6) is 2.31. The van der Waals surface area contributed by atoms with Crippen molar-refractivity contribution in [3.63, 3.8) is 0 Å². The number of aromatic nitrogens is 5. The lowest BCUT2D eigenvalue weighted by Gasteiger charge is -2.22. The number of methoxy groups -OCH3 is 2. The Morgan fingerprint density at radius 1 is 0.821 bits per heavy atom. The zero-order valence-electron chi connectivity index (χ0n) is 22.4. The summed E-state index contributed by atoms with van der Waals surface area (Å²) in [6.45, 7) is 4.15. The number of hydrogen-bond acceptors (Lipinski definition) is 7. The zero-order chi connectivity index (χ0) is 27.2. The molecule has 5 aromatic rings. The van der Waals surface area contributed by atoms with Crippen LogP contribution in [0.15, 0.2) is 77.6 Å². The number of pyridine rings is 1. The highest BCUT2D eigenvalue weighted by Crippen LogP contribution is 2.19. The van der Waals surface area contributed by atoms with Gasteiger partial charge in [0.15, 0.2) is 5.82 Å². The van der Waals surface area contributed by atoms with Crippen molar-refractivity contribution in [3.8, 4) is 11.5 Å². The Morgan fingerprint density at radius 3 is 2.15 bits per heavy atom. The Labute approximate surface area is 227 Å². The number of tetrazole rings is 1. The largest absolute Gasteiger partial charge is 0.497 e. The number of hydrogen-bond donors (Lipinski definition) is 1. The van der Waals surface area contributed by atoms with Crippen LogP contribution in [0.2, 0.25) is 0 Å². The topological polar surface area (TPSA) is 98.2 Å². The predicted molar refractivity (Wildman–Crippen MR) is 150 cm³/mol. The maximum atomic E-state index is 13.1. The molecule has 0 aliphatic carbocycles. The van der Waals surface area contributed by atoms with Gasteiger partial charge in [-0.25, -0.2) is 4.68 Å². The average molecular weight is 525 g/mol. The fourth-order valence-electron chi connectivity index (χ4n) is 4.60. The molecule has 2 aromatic heterocycles. The SMILES string of the molecule is CCc1ccc2[nH]c(=O)c(CN(Cc3ccc(OC)cc3)Cc3nnnn3Cc3ccc(OC)cc3)cc2c1. The van der Waals surface area contributed by atoms with Crippen LogP contribution in [0.1, 0.15) is 35.0 Å². The molecule has 0 amide bonds. The quantitative estimate of drug-likeness (QED) is 0.274. The molecule has 1 N–H and O–H groups in total. The van der Waals surface area contributed by atoms with Crippen molar-refractivity contribution in [3.05, 3.63) is 111 Å². The minimum Gasteiger partial charge on any atom is -0.497 e. The summed E-state index contributed by atoms with van der Waals surface area (Å²) in [6, 6.07) is 23.9. The highest BCUT2D eigenvalue weighted by molar-refractivity contribution is 5.79. The third-order valence-corrected chi connectivity index (χ3v) is 6.82. The second kappa shape index (κ2) is 11.9. The molecular weight excluding hydrogens is 492 g/mol. The molecule has 0 spiro atoms. The monoisotopic (exact) mass is 524 g/mol. The van der Waals surface area contributed by atoms with Gasteiger partial charge in [-0.3, -0.25) is 9.69 Å². The van der Waals surface area contributed by atoms with Crippen LogP contribution in [0.3, 0.4) is 0 Å². The molecule has 39 heavy (non-hydrogen) atoms. The highest BCUT2D eigenvalue weighted by Gasteiger charge is 2.16. The fraction of sp³-hybridized carbons (Fsp3) is 0.267. The van der Waals surface area contributed by atoms with E-state index in [4.69, 9.17) is 9.47 Å². The Balaban J connectivity index is 1.43. The van der Waals surface area contributed by atoms with Crippen LogP contribution in [0.25, 0.3) is 10.9 Å². The summed E-state index contributed by atoms with van der Waals surface area (Å²) in [5, 5.41) is 13.5. The van der Waals surface area contributed by atoms with Crippen molar-refractivity contribution in [2.45, 2.75) is 39.5 Å². The second-order valence-corrected chi connectivity index (χ2v) is 9.49. The summed E-state index contributed by atoms with van der Waals surface area (Å²) in [5.41, 5.74) is 4.82. The molecule has 0 saturated heterocycles. The van der Waals surface area contributed by atoms with E-state index in [9.17, 15) is 4.79 Å². The van der Waals surface area contributed by atoms with Crippen LogP contribution in [0, 0.1) is 0 Å². The van der Waals surface area contributed by atoms with Crippen LogP contribution in [0.4, 0.5) is 0 Å². The fourth-order valence-corrected chi connectivity index (χ4v) is 4.60. The Kier molecular flexibility index (Phi) is 7.98. The van der Waals surface area contributed by atoms with Gasteiger partial charge in [0, 0.05) is 24.2 Å². The van der Waals surface area contributed by atoms with Crippen molar-refractivity contribution in [2.75, 3.05) is 14.2 Å². The lowest BCUT2D eigenvalue weighted by Crippen LogP contribution is -2.28. The molecule has 0 aliphatic heterocycles. The first kappa shape index (κ1) is 26.1. The molecule has 0 fully saturated rings. The number of H-pyrrole nitrogens is 1. The molecule has 0 radical (unpaired) electrons. The number of fused-ring (bicyclic) bond motifs is 1. The van der Waals surface area contributed by atoms with E-state index in [1.54, 1.807) is 18.9 Å². The molecule has 3 aromatic carbocycles. The van der Waals surface area contributed by atoms with Gasteiger partial charge in [0.05, 0.1) is 27.3 Å². The maximum absolute atomic E-state index is 13.1. The zero-order valence-corrected chi connectivity index (χ0v) is 22.4. The normalized spacial score (nSPS) is 11.3. The molecular formula is C30H32N6O3. The first-order valence-electron chi connectivity index (χ1n) is 12.9. The van der Waals surface area contributed by atoms with E-state index in [-0.39, 0.29) is 5.56 Å². The Morgan fingerprint density at radius 2 is 1.49 bits per heavy atom. The van der Waals surface area contributed by atoms with Gasteiger partial charge in [-0.2, -0.15) is 0 Å². The molecule has 9 nitrogen and oxygen atoms in total. The van der Waals surface area contributed by atoms with E-state index in [2.05, 4.69) is 44.5 Å². The van der Waals surface area contributed by atoms with Crippen molar-refractivity contribution in [2.24, 2.45) is 0 Å². The average Bonchev–Trinajstić information content (AvgIpc) is 3.40. The molecule has 0 aliphatic rings. The van der Waals surface area contributed by atoms with Gasteiger partial charge in [0.2, 0.25) is 0 Å². The van der Waals surface area contributed by atoms with E-state index in [0.29, 0.717) is 37.6 Å². The third kappa shape index (κ3) is 6.32. The van der Waals surface area contributed by atoms with Gasteiger partial charge in [-0.1, -0.05) is 37.3 Å². The van der Waals surface area contributed by atoms with Crippen molar-refractivity contribution >= 4 is 10.9 Å². The van der Waals surface area contributed by atoms with Gasteiger partial charge in [-0.05, 0) is 81.4 Å². The van der Waals surface area contributed by atoms with Crippen LogP contribution >= 0.6 is 0 Å². The molecule has 5 rings (SSSR count). The second-order valence-electron chi connectivity index (χ2n) is 9.49. The van der Waals surface area contributed by atoms with Crippen LogP contribution in [-0.4, -0.2) is 44.3 Å². The molecule has 200 valence electrons. The standard InChI is InChI=1S/C30H32N6O3/c1-4-21-9-14-28-24(15-21)16-25(30(37)31-28)19-35(17-22-5-10-26(38-2)11-6-22)20-29-32-33-34-36(29)18-23-7-12-27(39-3)13-8-23/h5-16H,4,17-20H2,1-3H3,(H,31,37). The van der Waals surface area contributed by atoms with Gasteiger partial charge in [0.1, 0.15) is 11.5 Å². The van der Waals surface area contributed by atoms with E-state index < -0.39 is 0 Å². The van der Waals surface area contributed by atoms with Gasteiger partial charge >= 0.3 is 0 Å². The van der Waals surface area contributed by atoms with Gasteiger partial charge in [0.25, 0.3) is 5.56 Å². The lowest BCUT2D eigenvalue weighted by atomic mass is 10.1. The van der Waals surface area contributed by atoms with E-state index in [1.807, 2.05) is 60.7 Å².